The Morgan fingerprint density at radius 1 is 1.28 bits per heavy atom. The van der Waals surface area contributed by atoms with Crippen LogP contribution < -0.4 is 11.1 Å². The number of carbonyl (C=O) groups excluding carboxylic acids is 1. The Morgan fingerprint density at radius 3 is 2.66 bits per heavy atom. The second-order valence-corrected chi connectivity index (χ2v) is 9.28. The summed E-state index contributed by atoms with van der Waals surface area (Å²) in [5.74, 6) is -0.0829. The first-order valence-electron chi connectivity index (χ1n) is 11.0. The molecule has 1 amide bonds. The molecule has 0 bridgehead atoms. The topological polar surface area (TPSA) is 73.6 Å². The van der Waals surface area contributed by atoms with Gasteiger partial charge in [-0.15, -0.1) is 0 Å². The van der Waals surface area contributed by atoms with Crippen molar-refractivity contribution in [2.24, 2.45) is 17.1 Å². The molecule has 3 fully saturated rings. The van der Waals surface area contributed by atoms with E-state index in [-0.39, 0.29) is 0 Å². The molecule has 2 unspecified atom stereocenters. The van der Waals surface area contributed by atoms with E-state index in [2.05, 4.69) is 24.5 Å². The number of ether oxygens (including phenoxy) is 2. The fraction of sp³-hybridized carbons (Fsp3) is 0.625. The van der Waals surface area contributed by atoms with Crippen molar-refractivity contribution >= 4 is 5.91 Å². The van der Waals surface area contributed by atoms with Crippen LogP contribution in [0.4, 0.5) is 0 Å². The van der Waals surface area contributed by atoms with Crippen LogP contribution in [-0.4, -0.2) is 32.3 Å². The summed E-state index contributed by atoms with van der Waals surface area (Å²) < 4.78 is 11.7. The van der Waals surface area contributed by atoms with E-state index >= 15 is 0 Å². The second kappa shape index (κ2) is 8.11. The molecule has 0 radical (unpaired) electrons. The third-order valence-corrected chi connectivity index (χ3v) is 7.51. The Hall–Kier alpha value is -1.85. The van der Waals surface area contributed by atoms with E-state index in [0.717, 1.165) is 38.0 Å². The zero-order valence-corrected chi connectivity index (χ0v) is 17.7. The highest BCUT2D eigenvalue weighted by Gasteiger charge is 2.45. The normalized spacial score (nSPS) is 30.8. The van der Waals surface area contributed by atoms with Crippen LogP contribution in [0.15, 0.2) is 36.0 Å². The first kappa shape index (κ1) is 20.4. The summed E-state index contributed by atoms with van der Waals surface area (Å²) in [6, 6.07) is 8.16. The van der Waals surface area contributed by atoms with Gasteiger partial charge in [-0.25, -0.2) is 0 Å². The third kappa shape index (κ3) is 3.71. The quantitative estimate of drug-likeness (QED) is 0.789. The lowest BCUT2D eigenvalue weighted by molar-refractivity contribution is -0.133. The number of methoxy groups -OCH3 is 1. The summed E-state index contributed by atoms with van der Waals surface area (Å²) in [5.41, 5.74) is 8.32. The van der Waals surface area contributed by atoms with Gasteiger partial charge in [-0.05, 0) is 80.3 Å². The van der Waals surface area contributed by atoms with Crippen LogP contribution in [-0.2, 0) is 15.1 Å². The van der Waals surface area contributed by atoms with Gasteiger partial charge in [0.1, 0.15) is 5.60 Å². The van der Waals surface area contributed by atoms with E-state index in [0.29, 0.717) is 22.9 Å². The van der Waals surface area contributed by atoms with Gasteiger partial charge < -0.3 is 20.5 Å². The number of primary amides is 1. The maximum Gasteiger partial charge on any atom is 0.248 e. The van der Waals surface area contributed by atoms with E-state index in [1.165, 1.54) is 31.3 Å². The molecule has 3 aliphatic rings. The average molecular weight is 399 g/mol. The molecule has 2 aliphatic carbocycles. The van der Waals surface area contributed by atoms with Gasteiger partial charge in [-0.2, -0.15) is 0 Å². The molecule has 5 heteroatoms. The highest BCUT2D eigenvalue weighted by Crippen LogP contribution is 2.48. The molecule has 1 heterocycles. The zero-order chi connectivity index (χ0) is 20.5. The van der Waals surface area contributed by atoms with E-state index < -0.39 is 11.5 Å². The van der Waals surface area contributed by atoms with Crippen LogP contribution in [0.3, 0.4) is 0 Å². The predicted octanol–water partition coefficient (Wildman–Crippen LogP) is 3.88. The van der Waals surface area contributed by atoms with Gasteiger partial charge in [0.05, 0.1) is 13.2 Å². The lowest BCUT2D eigenvalue weighted by Gasteiger charge is -2.47. The molecule has 2 saturated carbocycles. The van der Waals surface area contributed by atoms with Gasteiger partial charge in [0.25, 0.3) is 0 Å². The maximum atomic E-state index is 11.8. The largest absolute Gasteiger partial charge is 0.388 e. The molecule has 1 aliphatic heterocycles. The van der Waals surface area contributed by atoms with Crippen LogP contribution in [0.25, 0.3) is 0 Å². The average Bonchev–Trinajstić information content (AvgIpc) is 2.72. The number of hydrogen-bond acceptors (Lipinski definition) is 4. The van der Waals surface area contributed by atoms with Crippen LogP contribution >= 0.6 is 0 Å². The molecular weight excluding hydrogens is 364 g/mol. The summed E-state index contributed by atoms with van der Waals surface area (Å²) in [4.78, 5) is 11.8. The third-order valence-electron chi connectivity index (χ3n) is 7.51. The molecule has 4 rings (SSSR count). The van der Waals surface area contributed by atoms with Crippen molar-refractivity contribution in [3.05, 3.63) is 47.2 Å². The van der Waals surface area contributed by atoms with Crippen molar-refractivity contribution < 1.29 is 14.3 Å². The van der Waals surface area contributed by atoms with Crippen molar-refractivity contribution in [1.29, 1.82) is 0 Å². The Labute approximate surface area is 174 Å². The van der Waals surface area contributed by atoms with E-state index in [1.807, 2.05) is 12.1 Å². The number of amides is 1. The van der Waals surface area contributed by atoms with Crippen molar-refractivity contribution in [3.63, 3.8) is 0 Å². The molecule has 3 N–H and O–H groups in total. The number of hydrogen-bond donors (Lipinski definition) is 2. The Balaban J connectivity index is 1.57. The van der Waals surface area contributed by atoms with Crippen LogP contribution in [0.2, 0.25) is 0 Å². The van der Waals surface area contributed by atoms with Crippen molar-refractivity contribution in [2.45, 2.75) is 63.5 Å². The van der Waals surface area contributed by atoms with Crippen molar-refractivity contribution in [1.82, 2.24) is 5.32 Å². The lowest BCUT2D eigenvalue weighted by atomic mass is 9.68. The molecule has 1 aromatic carbocycles. The molecule has 158 valence electrons. The van der Waals surface area contributed by atoms with Gasteiger partial charge in [-0.3, -0.25) is 4.79 Å². The SMILES string of the molecule is COC1(c2cccc(C(N)=O)c2)/C(=C/NC2CCC3(CC2)COC3)CCCC1C. The fourth-order valence-corrected chi connectivity index (χ4v) is 5.60. The summed E-state index contributed by atoms with van der Waals surface area (Å²) in [6.45, 7) is 4.14. The molecule has 1 aromatic rings. The number of carbonyl (C=O) groups is 1. The molecule has 1 spiro atoms. The minimum Gasteiger partial charge on any atom is -0.388 e. The molecule has 1 saturated heterocycles. The Morgan fingerprint density at radius 2 is 2.03 bits per heavy atom. The Bertz CT molecular complexity index is 776. The van der Waals surface area contributed by atoms with Gasteiger partial charge in [0.15, 0.2) is 0 Å². The first-order chi connectivity index (χ1) is 14.0. The first-order valence-corrected chi connectivity index (χ1v) is 11.0. The van der Waals surface area contributed by atoms with E-state index in [1.54, 1.807) is 13.2 Å². The summed E-state index contributed by atoms with van der Waals surface area (Å²) in [7, 11) is 1.79. The van der Waals surface area contributed by atoms with Crippen LogP contribution in [0.5, 0.6) is 0 Å². The van der Waals surface area contributed by atoms with E-state index in [4.69, 9.17) is 15.2 Å². The summed E-state index contributed by atoms with van der Waals surface area (Å²) >= 11 is 0. The van der Waals surface area contributed by atoms with Crippen molar-refractivity contribution in [3.8, 4) is 0 Å². The summed E-state index contributed by atoms with van der Waals surface area (Å²) in [6.07, 6.45) is 10.4. The minimum absolute atomic E-state index is 0.319. The molecule has 5 nitrogen and oxygen atoms in total. The number of nitrogens with two attached hydrogens (primary N) is 1. The fourth-order valence-electron chi connectivity index (χ4n) is 5.60. The standard InChI is InChI=1S/C24H34N2O3/c1-17-5-3-8-20(14-26-21-9-11-23(12-10-21)15-29-16-23)24(17,28-2)19-7-4-6-18(13-19)22(25)27/h4,6-7,13-14,17,21,26H,3,5,8-12,15-16H2,1-2H3,(H2,25,27)/b20-14+. The highest BCUT2D eigenvalue weighted by molar-refractivity contribution is 5.93. The number of nitrogens with one attached hydrogen (secondary N) is 1. The number of benzene rings is 1. The van der Waals surface area contributed by atoms with Crippen LogP contribution in [0.1, 0.15) is 67.8 Å². The maximum absolute atomic E-state index is 11.8. The lowest BCUT2D eigenvalue weighted by Crippen LogP contribution is -2.48. The van der Waals surface area contributed by atoms with Gasteiger partial charge in [0, 0.05) is 24.1 Å². The second-order valence-electron chi connectivity index (χ2n) is 9.28. The molecule has 2 atom stereocenters. The smallest absolute Gasteiger partial charge is 0.248 e. The molecule has 29 heavy (non-hydrogen) atoms. The monoisotopic (exact) mass is 398 g/mol. The highest BCUT2D eigenvalue weighted by atomic mass is 16.5. The van der Waals surface area contributed by atoms with Gasteiger partial charge in [-0.1, -0.05) is 19.1 Å². The van der Waals surface area contributed by atoms with Gasteiger partial charge >= 0.3 is 0 Å². The minimum atomic E-state index is -0.519. The molecular formula is C24H34N2O3. The van der Waals surface area contributed by atoms with E-state index in [9.17, 15) is 4.79 Å². The number of rotatable bonds is 5. The zero-order valence-electron chi connectivity index (χ0n) is 17.7. The molecule has 0 aromatic heterocycles. The van der Waals surface area contributed by atoms with Gasteiger partial charge in [0.2, 0.25) is 5.91 Å². The summed E-state index contributed by atoms with van der Waals surface area (Å²) in [5, 5.41) is 3.72. The van der Waals surface area contributed by atoms with Crippen LogP contribution in [0, 0.1) is 11.3 Å². The Kier molecular flexibility index (Phi) is 5.71. The van der Waals surface area contributed by atoms with Crippen molar-refractivity contribution in [2.75, 3.05) is 20.3 Å². The predicted molar refractivity (Wildman–Crippen MR) is 113 cm³/mol.